The monoisotopic (exact) mass is 555 g/mol. The summed E-state index contributed by atoms with van der Waals surface area (Å²) in [6.07, 6.45) is 4.17. The van der Waals surface area contributed by atoms with Crippen LogP contribution in [0.3, 0.4) is 0 Å². The van der Waals surface area contributed by atoms with Gasteiger partial charge >= 0.3 is 0 Å². The minimum atomic E-state index is -0.488. The highest BCUT2D eigenvalue weighted by molar-refractivity contribution is 7.80. The van der Waals surface area contributed by atoms with Crippen LogP contribution in [0.1, 0.15) is 16.3 Å². The molecule has 0 unspecified atom stereocenters. The lowest BCUT2D eigenvalue weighted by molar-refractivity contribution is -0.115. The first-order chi connectivity index (χ1) is 17.8. The van der Waals surface area contributed by atoms with Gasteiger partial charge in [-0.15, -0.1) is 0 Å². The van der Waals surface area contributed by atoms with E-state index in [1.54, 1.807) is 60.7 Å². The maximum atomic E-state index is 12.4. The molecular formula is C26H19Cl2N3O5S. The summed E-state index contributed by atoms with van der Waals surface area (Å²) in [6, 6.07) is 16.7. The summed E-state index contributed by atoms with van der Waals surface area (Å²) in [5, 5.41) is 8.96. The molecule has 2 aromatic heterocycles. The van der Waals surface area contributed by atoms with Gasteiger partial charge in [0.05, 0.1) is 29.1 Å². The van der Waals surface area contributed by atoms with E-state index in [0.29, 0.717) is 44.3 Å². The van der Waals surface area contributed by atoms with E-state index in [0.717, 1.165) is 0 Å². The molecule has 0 atom stereocenters. The Morgan fingerprint density at radius 3 is 2.62 bits per heavy atom. The number of halogens is 2. The minimum absolute atomic E-state index is 0.0216. The summed E-state index contributed by atoms with van der Waals surface area (Å²) < 4.78 is 16.2. The van der Waals surface area contributed by atoms with Gasteiger partial charge in [-0.25, -0.2) is 0 Å². The lowest BCUT2D eigenvalue weighted by Gasteiger charge is -2.14. The molecule has 2 heterocycles. The second-order valence-corrected chi connectivity index (χ2v) is 8.62. The topological polar surface area (TPSA) is 106 Å². The second-order valence-electron chi connectivity index (χ2n) is 7.43. The van der Waals surface area contributed by atoms with Crippen molar-refractivity contribution in [1.29, 1.82) is 0 Å². The fraction of sp³-hybridized carbons (Fsp3) is 0.0385. The molecule has 4 aromatic rings. The molecule has 8 nitrogen and oxygen atoms in total. The molecule has 3 N–H and O–H groups in total. The molecule has 0 aliphatic heterocycles. The van der Waals surface area contributed by atoms with Crippen LogP contribution in [0, 0.1) is 0 Å². The molecule has 0 aliphatic carbocycles. The van der Waals surface area contributed by atoms with E-state index in [1.165, 1.54) is 25.5 Å². The maximum absolute atomic E-state index is 12.4. The number of rotatable bonds is 7. The normalized spacial score (nSPS) is 10.8. The number of carbonyl (C=O) groups is 2. The molecule has 11 heteroatoms. The van der Waals surface area contributed by atoms with Gasteiger partial charge in [0.15, 0.2) is 10.9 Å². The predicted molar refractivity (Wildman–Crippen MR) is 147 cm³/mol. The summed E-state index contributed by atoms with van der Waals surface area (Å²) in [5.74, 6) is 0.654. The second kappa shape index (κ2) is 11.8. The summed E-state index contributed by atoms with van der Waals surface area (Å²) in [5.41, 5.74) is 1.54. The molecule has 2 amide bonds. The Labute approximate surface area is 227 Å². The van der Waals surface area contributed by atoms with E-state index >= 15 is 0 Å². The van der Waals surface area contributed by atoms with Crippen molar-refractivity contribution in [3.05, 3.63) is 94.6 Å². The van der Waals surface area contributed by atoms with Crippen molar-refractivity contribution in [3.63, 3.8) is 0 Å². The molecular weight excluding hydrogens is 537 g/mol. The van der Waals surface area contributed by atoms with E-state index in [1.807, 2.05) is 0 Å². The van der Waals surface area contributed by atoms with Crippen molar-refractivity contribution in [2.75, 3.05) is 17.7 Å². The number of furan rings is 2. The Morgan fingerprint density at radius 2 is 1.86 bits per heavy atom. The Hall–Kier alpha value is -4.05. The molecule has 0 saturated carbocycles. The van der Waals surface area contributed by atoms with Gasteiger partial charge in [-0.2, -0.15) is 0 Å². The number of methoxy groups -OCH3 is 1. The van der Waals surface area contributed by atoms with E-state index in [4.69, 9.17) is 49.0 Å². The molecule has 37 heavy (non-hydrogen) atoms. The zero-order chi connectivity index (χ0) is 26.4. The van der Waals surface area contributed by atoms with E-state index in [-0.39, 0.29) is 10.9 Å². The van der Waals surface area contributed by atoms with Gasteiger partial charge in [-0.05, 0) is 72.9 Å². The average molecular weight is 556 g/mol. The zero-order valence-electron chi connectivity index (χ0n) is 19.2. The van der Waals surface area contributed by atoms with Crippen LogP contribution in [-0.2, 0) is 4.79 Å². The third-order valence-electron chi connectivity index (χ3n) is 4.93. The van der Waals surface area contributed by atoms with E-state index in [2.05, 4.69) is 16.0 Å². The smallest absolute Gasteiger partial charge is 0.291 e. The molecule has 0 aliphatic rings. The Morgan fingerprint density at radius 1 is 1.03 bits per heavy atom. The number of hydrogen-bond donors (Lipinski definition) is 3. The lowest BCUT2D eigenvalue weighted by Crippen LogP contribution is -2.33. The van der Waals surface area contributed by atoms with Gasteiger partial charge in [0.25, 0.3) is 5.91 Å². The lowest BCUT2D eigenvalue weighted by atomic mass is 10.2. The molecule has 188 valence electrons. The fourth-order valence-corrected chi connectivity index (χ4v) is 3.83. The van der Waals surface area contributed by atoms with Crippen LogP contribution in [0.15, 0.2) is 81.8 Å². The van der Waals surface area contributed by atoms with Gasteiger partial charge in [-0.3, -0.25) is 14.9 Å². The van der Waals surface area contributed by atoms with Crippen LogP contribution < -0.4 is 20.7 Å². The number of amides is 2. The van der Waals surface area contributed by atoms with Crippen molar-refractivity contribution < 1.29 is 23.2 Å². The van der Waals surface area contributed by atoms with Crippen molar-refractivity contribution in [1.82, 2.24) is 5.32 Å². The van der Waals surface area contributed by atoms with Crippen LogP contribution in [0.5, 0.6) is 5.75 Å². The Bertz CT molecular complexity index is 1480. The summed E-state index contributed by atoms with van der Waals surface area (Å²) in [6.45, 7) is 0. The van der Waals surface area contributed by atoms with Crippen molar-refractivity contribution >= 4 is 69.8 Å². The van der Waals surface area contributed by atoms with Crippen molar-refractivity contribution in [2.45, 2.75) is 0 Å². The van der Waals surface area contributed by atoms with Crippen LogP contribution >= 0.6 is 35.4 Å². The van der Waals surface area contributed by atoms with Crippen LogP contribution in [0.2, 0.25) is 10.0 Å². The molecule has 2 aromatic carbocycles. The number of anilines is 2. The van der Waals surface area contributed by atoms with E-state index < -0.39 is 11.8 Å². The zero-order valence-corrected chi connectivity index (χ0v) is 21.5. The Kier molecular flexibility index (Phi) is 8.29. The first-order valence-corrected chi connectivity index (χ1v) is 11.9. The van der Waals surface area contributed by atoms with Crippen LogP contribution in [0.25, 0.3) is 17.4 Å². The summed E-state index contributed by atoms with van der Waals surface area (Å²) in [4.78, 5) is 24.6. The van der Waals surface area contributed by atoms with Gasteiger partial charge in [0.2, 0.25) is 5.91 Å². The highest BCUT2D eigenvalue weighted by Gasteiger charge is 2.13. The predicted octanol–water partition coefficient (Wildman–Crippen LogP) is 6.63. The van der Waals surface area contributed by atoms with Crippen molar-refractivity contribution in [3.8, 4) is 17.1 Å². The SMILES string of the molecule is COc1ccc(NC(=O)c2ccco2)cc1NC(=S)NC(=O)C=Cc1ccc(-c2cccc(Cl)c2Cl)o1. The molecule has 0 saturated heterocycles. The quantitative estimate of drug-likeness (QED) is 0.173. The highest BCUT2D eigenvalue weighted by atomic mass is 35.5. The third kappa shape index (κ3) is 6.59. The molecule has 4 rings (SSSR count). The number of benzene rings is 2. The molecule has 0 fully saturated rings. The number of hydrogen-bond acceptors (Lipinski definition) is 6. The Balaban J connectivity index is 1.37. The molecule has 0 bridgehead atoms. The third-order valence-corrected chi connectivity index (χ3v) is 5.95. The summed E-state index contributed by atoms with van der Waals surface area (Å²) in [7, 11) is 1.49. The summed E-state index contributed by atoms with van der Waals surface area (Å²) >= 11 is 17.6. The average Bonchev–Trinajstić information content (AvgIpc) is 3.57. The van der Waals surface area contributed by atoms with E-state index in [9.17, 15) is 9.59 Å². The largest absolute Gasteiger partial charge is 0.495 e. The number of nitrogens with one attached hydrogen (secondary N) is 3. The van der Waals surface area contributed by atoms with Gasteiger partial charge in [0, 0.05) is 17.3 Å². The minimum Gasteiger partial charge on any atom is -0.495 e. The van der Waals surface area contributed by atoms with Crippen molar-refractivity contribution in [2.24, 2.45) is 0 Å². The number of thiocarbonyl (C=S) groups is 1. The van der Waals surface area contributed by atoms with Gasteiger partial charge in [-0.1, -0.05) is 29.3 Å². The molecule has 0 radical (unpaired) electrons. The molecule has 0 spiro atoms. The van der Waals surface area contributed by atoms with Gasteiger partial charge < -0.3 is 24.2 Å². The first-order valence-electron chi connectivity index (χ1n) is 10.7. The first kappa shape index (κ1) is 26.0. The number of carbonyl (C=O) groups excluding carboxylic acids is 2. The maximum Gasteiger partial charge on any atom is 0.291 e. The van der Waals surface area contributed by atoms with Gasteiger partial charge in [0.1, 0.15) is 17.3 Å². The standard InChI is InChI=1S/C26H19Cl2N3O5S/c1-34-21-10-7-15(29-25(33)22-6-3-13-35-22)14-19(21)30-26(37)31-23(32)12-9-16-8-11-20(36-16)17-4-2-5-18(27)24(17)28/h2-14H,1H3,(H,29,33)(H2,30,31,32,37). The van der Waals surface area contributed by atoms with Crippen LogP contribution in [0.4, 0.5) is 11.4 Å². The van der Waals surface area contributed by atoms with Crippen LogP contribution in [-0.4, -0.2) is 24.0 Å². The highest BCUT2D eigenvalue weighted by Crippen LogP contribution is 2.34. The number of ether oxygens (including phenoxy) is 1. The fourth-order valence-electron chi connectivity index (χ4n) is 3.23.